The van der Waals surface area contributed by atoms with Crippen LogP contribution in [0, 0.1) is 0 Å². The van der Waals surface area contributed by atoms with E-state index < -0.39 is 8.32 Å². The lowest BCUT2D eigenvalue weighted by Gasteiger charge is -2.40. The van der Waals surface area contributed by atoms with Gasteiger partial charge in [-0.3, -0.25) is 0 Å². The number of hydrogen-bond donors (Lipinski definition) is 0. The number of ether oxygens (including phenoxy) is 6. The molecule has 0 aromatic carbocycles. The first-order valence-corrected chi connectivity index (χ1v) is 16.1. The second-order valence-electron chi connectivity index (χ2n) is 10.8. The van der Waals surface area contributed by atoms with Crippen LogP contribution in [0.2, 0.25) is 18.1 Å². The zero-order valence-electron chi connectivity index (χ0n) is 24.2. The van der Waals surface area contributed by atoms with Crippen LogP contribution < -0.4 is 0 Å². The van der Waals surface area contributed by atoms with Gasteiger partial charge >= 0.3 is 0 Å². The fraction of sp³-hybridized carbons (Fsp3) is 0.926. The van der Waals surface area contributed by atoms with Crippen LogP contribution in [0.25, 0.3) is 0 Å². The average Bonchev–Trinajstić information content (AvgIpc) is 2.79. The van der Waals surface area contributed by atoms with Gasteiger partial charge in [-0.15, -0.1) is 6.58 Å². The van der Waals surface area contributed by atoms with Gasteiger partial charge in [0.25, 0.3) is 0 Å². The van der Waals surface area contributed by atoms with E-state index in [1.165, 1.54) is 19.3 Å². The third-order valence-corrected chi connectivity index (χ3v) is 11.4. The van der Waals surface area contributed by atoms with Crippen molar-refractivity contribution >= 4 is 8.32 Å². The maximum absolute atomic E-state index is 6.59. The van der Waals surface area contributed by atoms with Crippen LogP contribution >= 0.6 is 0 Å². The Bertz CT molecular complexity index is 510. The van der Waals surface area contributed by atoms with Gasteiger partial charge in [0.05, 0.1) is 18.3 Å². The molecule has 0 rings (SSSR count). The topological polar surface area (TPSA) is 64.6 Å². The molecule has 0 N–H and O–H groups in total. The second kappa shape index (κ2) is 19.7. The molecule has 0 spiro atoms. The van der Waals surface area contributed by atoms with Crippen molar-refractivity contribution in [2.24, 2.45) is 0 Å². The highest BCUT2D eigenvalue weighted by Crippen LogP contribution is 2.38. The van der Waals surface area contributed by atoms with Crippen LogP contribution in [0.5, 0.6) is 0 Å². The fourth-order valence-electron chi connectivity index (χ4n) is 3.70. The average molecular weight is 521 g/mol. The Morgan fingerprint density at radius 3 is 1.60 bits per heavy atom. The Hall–Kier alpha value is -0.323. The lowest BCUT2D eigenvalue weighted by molar-refractivity contribution is -0.145. The number of hydrogen-bond acceptors (Lipinski definition) is 7. The van der Waals surface area contributed by atoms with E-state index in [0.717, 1.165) is 32.1 Å². The van der Waals surface area contributed by atoms with Crippen LogP contribution in [-0.4, -0.2) is 74.4 Å². The van der Waals surface area contributed by atoms with E-state index in [1.807, 2.05) is 0 Å². The van der Waals surface area contributed by atoms with Gasteiger partial charge in [0, 0.05) is 21.3 Å². The molecule has 0 heterocycles. The molecular weight excluding hydrogens is 464 g/mol. The van der Waals surface area contributed by atoms with E-state index in [1.54, 1.807) is 27.4 Å². The zero-order chi connectivity index (χ0) is 26.7. The van der Waals surface area contributed by atoms with E-state index in [2.05, 4.69) is 47.4 Å². The summed E-state index contributed by atoms with van der Waals surface area (Å²) >= 11 is 0. The van der Waals surface area contributed by atoms with Crippen LogP contribution in [0.3, 0.4) is 0 Å². The molecule has 0 aliphatic rings. The van der Waals surface area contributed by atoms with Gasteiger partial charge < -0.3 is 32.8 Å². The lowest BCUT2D eigenvalue weighted by atomic mass is 10.0. The smallest absolute Gasteiger partial charge is 0.192 e. The van der Waals surface area contributed by atoms with Crippen molar-refractivity contribution in [3.63, 3.8) is 0 Å². The standard InChI is InChI=1S/C27H56O7Si/c1-11-24(31-20-28-6)26(33-22-30-8)19-17-15-13-12-14-16-18-25(32-21-29-7)23(2)34-35(9,10)27(3,4)5/h11,23-26H,1,12-22H2,2-10H3/t23-,24+,25+,26+/m1/s1. The molecule has 0 radical (unpaired) electrons. The van der Waals surface area contributed by atoms with Crippen molar-refractivity contribution in [1.29, 1.82) is 0 Å². The summed E-state index contributed by atoms with van der Waals surface area (Å²) < 4.78 is 39.4. The highest BCUT2D eigenvalue weighted by Gasteiger charge is 2.39. The molecule has 35 heavy (non-hydrogen) atoms. The largest absolute Gasteiger partial charge is 0.412 e. The van der Waals surface area contributed by atoms with Crippen molar-refractivity contribution in [1.82, 2.24) is 0 Å². The Morgan fingerprint density at radius 1 is 0.714 bits per heavy atom. The van der Waals surface area contributed by atoms with Crippen LogP contribution in [-0.2, 0) is 32.8 Å². The van der Waals surface area contributed by atoms with Crippen LogP contribution in [0.1, 0.15) is 79.1 Å². The minimum absolute atomic E-state index is 0.0608. The number of rotatable bonds is 23. The van der Waals surface area contributed by atoms with Crippen molar-refractivity contribution in [2.75, 3.05) is 41.7 Å². The van der Waals surface area contributed by atoms with Gasteiger partial charge in [0.2, 0.25) is 0 Å². The van der Waals surface area contributed by atoms with Crippen LogP contribution in [0.4, 0.5) is 0 Å². The van der Waals surface area contributed by atoms with E-state index in [4.69, 9.17) is 32.8 Å². The van der Waals surface area contributed by atoms with Crippen LogP contribution in [0.15, 0.2) is 12.7 Å². The van der Waals surface area contributed by atoms with Gasteiger partial charge in [0.15, 0.2) is 8.32 Å². The molecule has 0 bridgehead atoms. The molecule has 8 heteroatoms. The predicted octanol–water partition coefficient (Wildman–Crippen LogP) is 6.67. The van der Waals surface area contributed by atoms with Gasteiger partial charge in [-0.25, -0.2) is 0 Å². The summed E-state index contributed by atoms with van der Waals surface area (Å²) in [5, 5.41) is 0.183. The summed E-state index contributed by atoms with van der Waals surface area (Å²) in [5.74, 6) is 0. The summed E-state index contributed by atoms with van der Waals surface area (Å²) in [6.45, 7) is 18.2. The molecule has 0 unspecified atom stereocenters. The molecule has 0 fully saturated rings. The third-order valence-electron chi connectivity index (χ3n) is 6.81. The lowest BCUT2D eigenvalue weighted by Crippen LogP contribution is -2.46. The molecule has 210 valence electrons. The highest BCUT2D eigenvalue weighted by molar-refractivity contribution is 6.74. The summed E-state index contributed by atoms with van der Waals surface area (Å²) in [6.07, 6.45) is 10.5. The Kier molecular flexibility index (Phi) is 19.6. The minimum atomic E-state index is -1.84. The van der Waals surface area contributed by atoms with Gasteiger partial charge in [0.1, 0.15) is 26.5 Å². The predicted molar refractivity (Wildman–Crippen MR) is 145 cm³/mol. The Morgan fingerprint density at radius 2 is 1.14 bits per heavy atom. The van der Waals surface area contributed by atoms with Gasteiger partial charge in [-0.1, -0.05) is 65.4 Å². The fourth-order valence-corrected chi connectivity index (χ4v) is 5.13. The maximum atomic E-state index is 6.59. The summed E-state index contributed by atoms with van der Waals surface area (Å²) in [5.41, 5.74) is 0. The zero-order valence-corrected chi connectivity index (χ0v) is 25.2. The molecule has 0 aromatic heterocycles. The third kappa shape index (κ3) is 15.5. The van der Waals surface area contributed by atoms with Crippen molar-refractivity contribution < 1.29 is 32.8 Å². The number of unbranched alkanes of at least 4 members (excludes halogenated alkanes) is 5. The van der Waals surface area contributed by atoms with Gasteiger partial charge in [-0.05, 0) is 37.9 Å². The van der Waals surface area contributed by atoms with E-state index in [-0.39, 0.29) is 43.0 Å². The highest BCUT2D eigenvalue weighted by atomic mass is 28.4. The molecular formula is C27H56O7Si. The van der Waals surface area contributed by atoms with E-state index >= 15 is 0 Å². The monoisotopic (exact) mass is 520 g/mol. The summed E-state index contributed by atoms with van der Waals surface area (Å²) in [4.78, 5) is 0. The molecule has 0 saturated heterocycles. The molecule has 4 atom stereocenters. The molecule has 0 aliphatic heterocycles. The normalized spacial score (nSPS) is 16.1. The SMILES string of the molecule is C=C[C@H](OCOC)[C@H](CCCCCCCC[C@H](OCOC)[C@@H](C)O[Si](C)(C)C(C)(C)C)OCOC. The van der Waals surface area contributed by atoms with Gasteiger partial charge in [-0.2, -0.15) is 0 Å². The molecule has 0 aliphatic carbocycles. The Labute approximate surface area is 217 Å². The van der Waals surface area contributed by atoms with E-state index in [0.29, 0.717) is 6.79 Å². The first kappa shape index (κ1) is 34.7. The van der Waals surface area contributed by atoms with E-state index in [9.17, 15) is 0 Å². The van der Waals surface area contributed by atoms with Crippen molar-refractivity contribution in [2.45, 2.75) is 122 Å². The number of methoxy groups -OCH3 is 3. The first-order valence-electron chi connectivity index (χ1n) is 13.2. The second-order valence-corrected chi connectivity index (χ2v) is 15.5. The molecule has 7 nitrogen and oxygen atoms in total. The van der Waals surface area contributed by atoms with Crippen molar-refractivity contribution in [3.8, 4) is 0 Å². The quantitative estimate of drug-likeness (QED) is 0.0645. The minimum Gasteiger partial charge on any atom is -0.412 e. The summed E-state index contributed by atoms with van der Waals surface area (Å²) in [7, 11) is 3.07. The summed E-state index contributed by atoms with van der Waals surface area (Å²) in [6, 6.07) is 0. The Balaban J connectivity index is 4.38. The first-order chi connectivity index (χ1) is 16.5. The molecule has 0 amide bonds. The molecule has 0 saturated carbocycles. The maximum Gasteiger partial charge on any atom is 0.192 e. The molecule has 0 aromatic rings. The van der Waals surface area contributed by atoms with Crippen molar-refractivity contribution in [3.05, 3.63) is 12.7 Å².